The summed E-state index contributed by atoms with van der Waals surface area (Å²) in [5.41, 5.74) is 1.60. The van der Waals surface area contributed by atoms with Crippen LogP contribution in [0.3, 0.4) is 0 Å². The van der Waals surface area contributed by atoms with Gasteiger partial charge in [-0.15, -0.1) is 0 Å². The van der Waals surface area contributed by atoms with Crippen molar-refractivity contribution in [1.82, 2.24) is 4.90 Å². The van der Waals surface area contributed by atoms with E-state index in [4.69, 9.17) is 14.1 Å². The molecular weight excluding hydrogens is 352 g/mol. The molecule has 1 saturated heterocycles. The Morgan fingerprint density at radius 3 is 2.71 bits per heavy atom. The summed E-state index contributed by atoms with van der Waals surface area (Å²) in [6.07, 6.45) is 3.81. The number of carbonyl (C=O) groups is 1. The van der Waals surface area contributed by atoms with Gasteiger partial charge in [-0.05, 0) is 42.4 Å². The Morgan fingerprint density at radius 1 is 1.18 bits per heavy atom. The molecule has 1 amide bonds. The maximum Gasteiger partial charge on any atom is 0.229 e. The van der Waals surface area contributed by atoms with E-state index in [1.807, 2.05) is 23.1 Å². The highest BCUT2D eigenvalue weighted by Gasteiger charge is 2.62. The van der Waals surface area contributed by atoms with Crippen LogP contribution in [0.5, 0.6) is 0 Å². The Hall–Kier alpha value is -2.40. The van der Waals surface area contributed by atoms with Crippen molar-refractivity contribution in [1.29, 1.82) is 0 Å². The van der Waals surface area contributed by atoms with E-state index in [1.165, 1.54) is 5.56 Å². The first-order valence-corrected chi connectivity index (χ1v) is 10.3. The van der Waals surface area contributed by atoms with Crippen molar-refractivity contribution in [2.24, 2.45) is 16.8 Å². The van der Waals surface area contributed by atoms with Gasteiger partial charge in [0.1, 0.15) is 5.76 Å². The van der Waals surface area contributed by atoms with E-state index in [2.05, 4.69) is 38.1 Å². The van der Waals surface area contributed by atoms with Crippen molar-refractivity contribution >= 4 is 11.6 Å². The molecule has 2 aromatic rings. The SMILES string of the molecule is CC[C@@H]1N=C2C[C@H](c3ccccc3)[C@@H](C)C3C[C@@]2(O1)N(Cc1ccco1)C3=O. The summed E-state index contributed by atoms with van der Waals surface area (Å²) >= 11 is 0. The number of amides is 1. The number of fused-ring (bicyclic) bond motifs is 1. The van der Waals surface area contributed by atoms with Gasteiger partial charge in [-0.2, -0.15) is 0 Å². The lowest BCUT2D eigenvalue weighted by atomic mass is 9.78. The van der Waals surface area contributed by atoms with Crippen molar-refractivity contribution in [2.75, 3.05) is 0 Å². The van der Waals surface area contributed by atoms with E-state index >= 15 is 0 Å². The summed E-state index contributed by atoms with van der Waals surface area (Å²) < 4.78 is 12.0. The van der Waals surface area contributed by atoms with E-state index in [9.17, 15) is 4.79 Å². The lowest BCUT2D eigenvalue weighted by Crippen LogP contribution is -2.52. The number of nitrogens with zero attached hydrogens (tertiary/aromatic N) is 2. The first-order chi connectivity index (χ1) is 13.6. The Bertz CT molecular complexity index is 892. The second kappa shape index (κ2) is 6.59. The van der Waals surface area contributed by atoms with Crippen molar-refractivity contribution < 1.29 is 13.9 Å². The number of furan rings is 1. The summed E-state index contributed by atoms with van der Waals surface area (Å²) in [7, 11) is 0. The Labute approximate surface area is 165 Å². The van der Waals surface area contributed by atoms with Gasteiger partial charge in [0, 0.05) is 12.3 Å². The molecule has 1 spiro atoms. The fourth-order valence-corrected chi connectivity index (χ4v) is 5.21. The first-order valence-electron chi connectivity index (χ1n) is 10.3. The lowest BCUT2D eigenvalue weighted by Gasteiger charge is -2.37. The standard InChI is InChI=1S/C23H26N2O3/c1-3-21-24-20-12-18(16-8-5-4-6-9-16)15(2)19-13-23(20,28-21)25(22(19)26)14-17-10-7-11-27-17/h4-11,15,18-19,21H,3,12-14H2,1-2H3/t15-,18+,19?,21-,23+/m1/s1. The molecule has 146 valence electrons. The molecule has 1 aliphatic carbocycles. The molecule has 1 aromatic heterocycles. The van der Waals surface area contributed by atoms with E-state index in [1.54, 1.807) is 6.26 Å². The van der Waals surface area contributed by atoms with Gasteiger partial charge in [-0.25, -0.2) is 0 Å². The Balaban J connectivity index is 1.57. The highest BCUT2D eigenvalue weighted by Crippen LogP contribution is 2.52. The molecule has 2 bridgehead atoms. The van der Waals surface area contributed by atoms with Crippen LogP contribution >= 0.6 is 0 Å². The summed E-state index contributed by atoms with van der Waals surface area (Å²) in [6.45, 7) is 4.72. The van der Waals surface area contributed by atoms with Crippen LogP contribution in [0.2, 0.25) is 0 Å². The molecular formula is C23H26N2O3. The zero-order valence-corrected chi connectivity index (χ0v) is 16.4. The highest BCUT2D eigenvalue weighted by atomic mass is 16.6. The molecule has 0 N–H and O–H groups in total. The van der Waals surface area contributed by atoms with E-state index in [-0.39, 0.29) is 29.9 Å². The third-order valence-electron chi connectivity index (χ3n) is 6.75. The summed E-state index contributed by atoms with van der Waals surface area (Å²) in [5.74, 6) is 1.38. The molecule has 3 heterocycles. The van der Waals surface area contributed by atoms with Crippen LogP contribution in [0.25, 0.3) is 0 Å². The quantitative estimate of drug-likeness (QED) is 0.794. The van der Waals surface area contributed by atoms with Crippen LogP contribution in [-0.2, 0) is 16.1 Å². The summed E-state index contributed by atoms with van der Waals surface area (Å²) in [5, 5.41) is 0. The van der Waals surface area contributed by atoms with Gasteiger partial charge < -0.3 is 14.1 Å². The van der Waals surface area contributed by atoms with Crippen molar-refractivity contribution in [3.63, 3.8) is 0 Å². The van der Waals surface area contributed by atoms with Crippen LogP contribution in [0, 0.1) is 11.8 Å². The summed E-state index contributed by atoms with van der Waals surface area (Å²) in [6, 6.07) is 14.3. The van der Waals surface area contributed by atoms with Crippen LogP contribution in [0.4, 0.5) is 0 Å². The Morgan fingerprint density at radius 2 is 2.00 bits per heavy atom. The molecule has 2 fully saturated rings. The number of carbonyl (C=O) groups excluding carboxylic acids is 1. The van der Waals surface area contributed by atoms with E-state index in [0.29, 0.717) is 13.0 Å². The molecule has 5 atom stereocenters. The average Bonchev–Trinajstić information content (AvgIpc) is 3.40. The van der Waals surface area contributed by atoms with Crippen LogP contribution in [0.1, 0.15) is 50.4 Å². The highest BCUT2D eigenvalue weighted by molar-refractivity contribution is 6.01. The summed E-state index contributed by atoms with van der Waals surface area (Å²) in [4.78, 5) is 20.4. The van der Waals surface area contributed by atoms with Gasteiger partial charge in [0.2, 0.25) is 5.91 Å². The normalized spacial score (nSPS) is 34.3. The number of hydrogen-bond acceptors (Lipinski definition) is 4. The van der Waals surface area contributed by atoms with E-state index < -0.39 is 5.72 Å². The third kappa shape index (κ3) is 2.56. The lowest BCUT2D eigenvalue weighted by molar-refractivity contribution is -0.151. The predicted molar refractivity (Wildman–Crippen MR) is 106 cm³/mol. The Kier molecular flexibility index (Phi) is 4.16. The first kappa shape index (κ1) is 17.7. The van der Waals surface area contributed by atoms with Gasteiger partial charge >= 0.3 is 0 Å². The predicted octanol–water partition coefficient (Wildman–Crippen LogP) is 4.36. The van der Waals surface area contributed by atoms with Gasteiger partial charge in [0.25, 0.3) is 0 Å². The molecule has 28 heavy (non-hydrogen) atoms. The van der Waals surface area contributed by atoms with E-state index in [0.717, 1.165) is 24.3 Å². The topological polar surface area (TPSA) is 55.0 Å². The fraction of sp³-hybridized carbons (Fsp3) is 0.478. The minimum Gasteiger partial charge on any atom is -0.467 e. The van der Waals surface area contributed by atoms with Crippen LogP contribution < -0.4 is 0 Å². The number of rotatable bonds is 4. The van der Waals surface area contributed by atoms with Crippen LogP contribution in [0.15, 0.2) is 58.1 Å². The minimum atomic E-state index is -0.715. The second-order valence-corrected chi connectivity index (χ2v) is 8.24. The maximum absolute atomic E-state index is 13.5. The van der Waals surface area contributed by atoms with Gasteiger partial charge in [-0.3, -0.25) is 9.79 Å². The molecule has 1 saturated carbocycles. The van der Waals surface area contributed by atoms with Crippen LogP contribution in [-0.4, -0.2) is 28.5 Å². The number of benzene rings is 1. The second-order valence-electron chi connectivity index (χ2n) is 8.24. The van der Waals surface area contributed by atoms with Crippen molar-refractivity contribution in [3.05, 3.63) is 60.1 Å². The van der Waals surface area contributed by atoms with Gasteiger partial charge in [0.05, 0.1) is 18.5 Å². The monoisotopic (exact) mass is 378 g/mol. The van der Waals surface area contributed by atoms with Crippen molar-refractivity contribution in [3.8, 4) is 0 Å². The fourth-order valence-electron chi connectivity index (χ4n) is 5.21. The van der Waals surface area contributed by atoms with Crippen molar-refractivity contribution in [2.45, 2.75) is 57.5 Å². The number of aliphatic imine (C=N–C) groups is 1. The minimum absolute atomic E-state index is 0.0662. The number of hydrogen-bond donors (Lipinski definition) is 0. The average molecular weight is 378 g/mol. The molecule has 0 radical (unpaired) electrons. The zero-order chi connectivity index (χ0) is 19.3. The molecule has 2 aliphatic heterocycles. The molecule has 5 rings (SSSR count). The maximum atomic E-state index is 13.5. The molecule has 5 nitrogen and oxygen atoms in total. The van der Waals surface area contributed by atoms with Gasteiger partial charge in [-0.1, -0.05) is 44.2 Å². The molecule has 3 aliphatic rings. The number of ether oxygens (including phenoxy) is 1. The number of likely N-dealkylation sites (tertiary alicyclic amines) is 1. The largest absolute Gasteiger partial charge is 0.467 e. The molecule has 1 aromatic carbocycles. The van der Waals surface area contributed by atoms with Gasteiger partial charge in [0.15, 0.2) is 12.0 Å². The zero-order valence-electron chi connectivity index (χ0n) is 16.4. The smallest absolute Gasteiger partial charge is 0.229 e. The molecule has 1 unspecified atom stereocenters. The third-order valence-corrected chi connectivity index (χ3v) is 6.75. The molecule has 5 heteroatoms.